The molecule has 8 atom stereocenters. The number of methoxy groups -OCH3 is 1. The van der Waals surface area contributed by atoms with Gasteiger partial charge in [-0.2, -0.15) is 0 Å². The number of nitrogens with two attached hydrogens (primary N) is 1. The summed E-state index contributed by atoms with van der Waals surface area (Å²) < 4.78 is 42.4. The second-order valence-corrected chi connectivity index (χ2v) is 15.4. The highest BCUT2D eigenvalue weighted by atomic mass is 35.5. The van der Waals surface area contributed by atoms with Crippen LogP contribution in [0, 0.1) is 11.8 Å². The number of likely N-dealkylation sites (N-methyl/N-ethyl adjacent to an activating group) is 1. The largest absolute Gasteiger partial charge is 0.504 e. The van der Waals surface area contributed by atoms with Crippen molar-refractivity contribution in [3.63, 3.8) is 0 Å². The topological polar surface area (TPSA) is 218 Å². The molecule has 6 N–H and O–H groups in total. The zero-order valence-electron chi connectivity index (χ0n) is 32.1. The number of aliphatic hydroxyl groups excluding tert-OH is 2. The lowest BCUT2D eigenvalue weighted by Crippen LogP contribution is -2.68. The summed E-state index contributed by atoms with van der Waals surface area (Å²) in [5.74, 6) is 2.85. The van der Waals surface area contributed by atoms with Gasteiger partial charge in [-0.25, -0.2) is 4.79 Å². The minimum absolute atomic E-state index is 0.0207. The summed E-state index contributed by atoms with van der Waals surface area (Å²) >= 11 is 6.68. The number of hydrogen-bond acceptors (Lipinski definition) is 15. The first kappa shape index (κ1) is 40.8. The number of benzene rings is 2. The molecule has 0 saturated carbocycles. The zero-order valence-corrected chi connectivity index (χ0v) is 32.9. The van der Waals surface area contributed by atoms with E-state index in [1.54, 1.807) is 51.1 Å². The molecule has 58 heavy (non-hydrogen) atoms. The number of aliphatic hydroxyl groups is 2. The number of nitrogens with one attached hydrogen (secondary N) is 1. The molecule has 1 amide bonds. The van der Waals surface area contributed by atoms with Crippen molar-refractivity contribution in [1.29, 1.82) is 0 Å². The van der Waals surface area contributed by atoms with E-state index in [2.05, 4.69) is 23.7 Å². The number of ether oxygens (including phenoxy) is 7. The molecule has 306 valence electrons. The molecular weight excluding hydrogens is 778 g/mol. The van der Waals surface area contributed by atoms with E-state index in [9.17, 15) is 29.7 Å². The first-order valence-electron chi connectivity index (χ1n) is 18.1. The Bertz CT molecular complexity index is 2220. The van der Waals surface area contributed by atoms with Crippen LogP contribution in [0.3, 0.4) is 0 Å². The van der Waals surface area contributed by atoms with Crippen LogP contribution in [0.25, 0.3) is 0 Å². The summed E-state index contributed by atoms with van der Waals surface area (Å²) in [7, 11) is 4.86. The molecule has 17 heteroatoms. The van der Waals surface area contributed by atoms with Crippen LogP contribution >= 0.6 is 11.6 Å². The monoisotopic (exact) mass is 819 g/mol. The maximum atomic E-state index is 14.3. The normalized spacial score (nSPS) is 29.8. The smallest absolute Gasteiger partial charge is 0.341 e. The van der Waals surface area contributed by atoms with Crippen LogP contribution in [0.1, 0.15) is 42.2 Å². The van der Waals surface area contributed by atoms with Crippen molar-refractivity contribution in [2.75, 3.05) is 33.1 Å². The number of hydrogen-bond donors (Lipinski definition) is 5. The molecular formula is C41H42ClN3O13. The van der Waals surface area contributed by atoms with Gasteiger partial charge < -0.3 is 64.4 Å². The van der Waals surface area contributed by atoms with Gasteiger partial charge >= 0.3 is 11.9 Å². The molecule has 4 aliphatic heterocycles. The standard InChI is InChI=1S/C41H42ClN3O13/c1-19-37(50)44-32-23(15-21(52-6)16-28(32)54-19)38(51)55-29-18-53-31(47)17-26(43)20-13-25(42)35(27(46)14-20)56-30-11-7-9-22(29)24-10-8-12-41(24,30)58-39-34(49)33(48)36(45(4)5)40(2,3)57-39/h8-10,12-16,26,29-30,33-34,36,39,46,48-49H,1,17-18,43H2,2-6H3,(H,44,50)/t26-,29?,30+,33-,34+,36-,39-,41?/m0/s1. The minimum atomic E-state index is -1.85. The summed E-state index contributed by atoms with van der Waals surface area (Å²) in [6.45, 7) is 6.50. The molecule has 6 aliphatic rings. The summed E-state index contributed by atoms with van der Waals surface area (Å²) in [6, 6.07) is 3.88. The van der Waals surface area contributed by atoms with Gasteiger partial charge in [0.1, 0.15) is 24.6 Å². The number of fused-ring (bicyclic) bond motifs is 8. The lowest BCUT2D eigenvalue weighted by Gasteiger charge is -2.51. The van der Waals surface area contributed by atoms with Gasteiger partial charge in [-0.15, -0.1) is 0 Å². The van der Waals surface area contributed by atoms with E-state index >= 15 is 0 Å². The molecule has 0 aromatic heterocycles. The summed E-state index contributed by atoms with van der Waals surface area (Å²) in [6.07, 6.45) is -1.43. The number of carbonyl (C=O) groups excluding carboxylic acids is 3. The molecule has 4 heterocycles. The highest BCUT2D eigenvalue weighted by Crippen LogP contribution is 2.47. The van der Waals surface area contributed by atoms with Gasteiger partial charge in [0.2, 0.25) is 0 Å². The Labute approximate surface area is 338 Å². The van der Waals surface area contributed by atoms with Gasteiger partial charge in [-0.3, -0.25) is 9.59 Å². The van der Waals surface area contributed by atoms with E-state index in [1.807, 2.05) is 0 Å². The molecule has 2 aromatic carbocycles. The maximum Gasteiger partial charge on any atom is 0.341 e. The van der Waals surface area contributed by atoms with Gasteiger partial charge in [0.05, 0.1) is 41.4 Å². The van der Waals surface area contributed by atoms with E-state index in [0.717, 1.165) is 0 Å². The van der Waals surface area contributed by atoms with E-state index in [4.69, 9.17) is 50.5 Å². The molecule has 1 saturated heterocycles. The van der Waals surface area contributed by atoms with Crippen molar-refractivity contribution in [3.8, 4) is 34.8 Å². The third-order valence-electron chi connectivity index (χ3n) is 10.5. The van der Waals surface area contributed by atoms with Crippen molar-refractivity contribution in [3.05, 3.63) is 88.2 Å². The molecule has 2 unspecified atom stereocenters. The van der Waals surface area contributed by atoms with Crippen LogP contribution in [0.5, 0.6) is 23.0 Å². The van der Waals surface area contributed by atoms with Gasteiger partial charge in [0, 0.05) is 23.3 Å². The van der Waals surface area contributed by atoms with E-state index in [1.165, 1.54) is 37.5 Å². The van der Waals surface area contributed by atoms with Gasteiger partial charge in [0.25, 0.3) is 5.91 Å². The van der Waals surface area contributed by atoms with Crippen LogP contribution in [0.2, 0.25) is 5.02 Å². The van der Waals surface area contributed by atoms with Crippen molar-refractivity contribution in [2.24, 2.45) is 5.73 Å². The van der Waals surface area contributed by atoms with Crippen molar-refractivity contribution in [2.45, 2.75) is 74.3 Å². The summed E-state index contributed by atoms with van der Waals surface area (Å²) in [4.78, 5) is 42.0. The van der Waals surface area contributed by atoms with Crippen LogP contribution in [0.4, 0.5) is 5.69 Å². The number of phenolic OH excluding ortho intramolecular Hbond substituents is 1. The summed E-state index contributed by atoms with van der Waals surface area (Å²) in [5, 5.41) is 36.7. The average molecular weight is 820 g/mol. The Balaban J connectivity index is 1.35. The fourth-order valence-electron chi connectivity index (χ4n) is 7.79. The lowest BCUT2D eigenvalue weighted by molar-refractivity contribution is -0.329. The molecule has 0 spiro atoms. The predicted molar refractivity (Wildman–Crippen MR) is 206 cm³/mol. The number of amides is 1. The highest BCUT2D eigenvalue weighted by molar-refractivity contribution is 6.32. The first-order valence-corrected chi connectivity index (χ1v) is 18.5. The van der Waals surface area contributed by atoms with Gasteiger partial charge in [-0.1, -0.05) is 42.2 Å². The number of rotatable bonds is 6. The number of esters is 2. The quantitative estimate of drug-likeness (QED) is 0.161. The van der Waals surface area contributed by atoms with Crippen molar-refractivity contribution in [1.82, 2.24) is 4.90 Å². The third kappa shape index (κ3) is 7.30. The van der Waals surface area contributed by atoms with E-state index in [-0.39, 0.29) is 62.4 Å². The Kier molecular flexibility index (Phi) is 10.8. The molecule has 16 nitrogen and oxygen atoms in total. The fourth-order valence-corrected chi connectivity index (χ4v) is 8.06. The second-order valence-electron chi connectivity index (χ2n) is 15.0. The number of anilines is 1. The van der Waals surface area contributed by atoms with Crippen LogP contribution in [-0.4, -0.2) is 114 Å². The fraction of sp³-hybridized carbons (Fsp3) is 0.390. The van der Waals surface area contributed by atoms with E-state index < -0.39 is 84.2 Å². The molecule has 2 aliphatic carbocycles. The number of carbonyl (C=O) groups is 3. The average Bonchev–Trinajstić information content (AvgIpc) is 3.51. The third-order valence-corrected chi connectivity index (χ3v) is 10.7. The Morgan fingerprint density at radius 1 is 1.16 bits per heavy atom. The first-order chi connectivity index (χ1) is 27.4. The Morgan fingerprint density at radius 3 is 2.62 bits per heavy atom. The molecule has 0 radical (unpaired) electrons. The molecule has 1 fully saturated rings. The highest BCUT2D eigenvalue weighted by Gasteiger charge is 2.56. The van der Waals surface area contributed by atoms with Gasteiger partial charge in [-0.05, 0) is 63.9 Å². The Hall–Kier alpha value is -5.38. The maximum absolute atomic E-state index is 14.3. The minimum Gasteiger partial charge on any atom is -0.504 e. The zero-order chi connectivity index (χ0) is 41.8. The number of halogens is 1. The molecule has 4 bridgehead atoms. The van der Waals surface area contributed by atoms with Crippen LogP contribution in [0.15, 0.2) is 72.1 Å². The lowest BCUT2D eigenvalue weighted by atomic mass is 9.83. The number of phenols is 1. The molecule has 2 aromatic rings. The van der Waals surface area contributed by atoms with Crippen LogP contribution in [-0.2, 0) is 28.5 Å². The van der Waals surface area contributed by atoms with Gasteiger partial charge in [0.15, 0.2) is 47.1 Å². The van der Waals surface area contributed by atoms with Crippen LogP contribution < -0.4 is 25.3 Å². The summed E-state index contributed by atoms with van der Waals surface area (Å²) in [5.41, 5.74) is 3.92. The second kappa shape index (κ2) is 15.4. The van der Waals surface area contributed by atoms with E-state index in [0.29, 0.717) is 0 Å². The Morgan fingerprint density at radius 2 is 1.91 bits per heavy atom. The van der Waals surface area contributed by atoms with Crippen molar-refractivity contribution < 1.29 is 62.9 Å². The number of allylic oxidation sites excluding steroid dienone is 3. The van der Waals surface area contributed by atoms with Crippen molar-refractivity contribution >= 4 is 35.1 Å². The molecule has 8 rings (SSSR count). The predicted octanol–water partition coefficient (Wildman–Crippen LogP) is 2.80. The number of aromatic hydroxyl groups is 1. The SMILES string of the molecule is C=C1Oc2cc(OC)cc(C(=O)OC3COC(=O)C[C@H](N)c4cc(O)c(c(Cl)c4)O[C@@H]4C#CC=C3C3=CC=CC34O[C@@H]3OC(C)(C)[C@@H](N(C)C)[C@@H](O)[C@H]3O)c2NC1=O. The number of nitrogens with zero attached hydrogens (tertiary/aromatic N) is 1.